The number of nitrogens with two attached hydrogens (primary N) is 1. The zero-order chi connectivity index (χ0) is 11.5. The summed E-state index contributed by atoms with van der Waals surface area (Å²) in [5.74, 6) is -0.941. The average Bonchev–Trinajstić information content (AvgIpc) is 2.65. The van der Waals surface area contributed by atoms with E-state index in [-0.39, 0.29) is 5.69 Å². The van der Waals surface area contributed by atoms with Crippen molar-refractivity contribution in [1.29, 1.82) is 0 Å². The molecule has 0 aliphatic rings. The van der Waals surface area contributed by atoms with Crippen molar-refractivity contribution in [2.75, 3.05) is 6.54 Å². The quantitative estimate of drug-likeness (QED) is 0.719. The monoisotopic (exact) mass is 219 g/mol. The van der Waals surface area contributed by atoms with Crippen molar-refractivity contribution >= 4 is 16.9 Å². The highest BCUT2D eigenvalue weighted by atomic mass is 16.4. The zero-order valence-electron chi connectivity index (χ0n) is 8.73. The van der Waals surface area contributed by atoms with Crippen LogP contribution in [-0.4, -0.2) is 27.6 Å². The van der Waals surface area contributed by atoms with Gasteiger partial charge in [-0.2, -0.15) is 0 Å². The largest absolute Gasteiger partial charge is 0.477 e. The van der Waals surface area contributed by atoms with E-state index in [0.29, 0.717) is 13.0 Å². The molecule has 2 aromatic heterocycles. The smallest absolute Gasteiger partial charge is 0.352 e. The van der Waals surface area contributed by atoms with E-state index in [2.05, 4.69) is 9.97 Å². The molecule has 0 radical (unpaired) electrons. The molecule has 0 unspecified atom stereocenters. The molecule has 0 atom stereocenters. The molecule has 2 aromatic rings. The zero-order valence-corrected chi connectivity index (χ0v) is 8.73. The third kappa shape index (κ3) is 1.77. The lowest BCUT2D eigenvalue weighted by atomic mass is 10.1. The number of aryl methyl sites for hydroxylation is 1. The lowest BCUT2D eigenvalue weighted by Gasteiger charge is -1.99. The number of aromatic nitrogens is 2. The third-order valence-electron chi connectivity index (χ3n) is 2.55. The Kier molecular flexibility index (Phi) is 2.87. The van der Waals surface area contributed by atoms with Gasteiger partial charge in [0.15, 0.2) is 0 Å². The molecule has 4 N–H and O–H groups in total. The van der Waals surface area contributed by atoms with Crippen LogP contribution in [0.25, 0.3) is 10.9 Å². The van der Waals surface area contributed by atoms with Crippen LogP contribution in [-0.2, 0) is 6.42 Å². The van der Waals surface area contributed by atoms with Gasteiger partial charge in [0.2, 0.25) is 0 Å². The maximum Gasteiger partial charge on any atom is 0.352 e. The fourth-order valence-corrected chi connectivity index (χ4v) is 1.81. The Morgan fingerprint density at radius 3 is 3.06 bits per heavy atom. The number of pyridine rings is 1. The highest BCUT2D eigenvalue weighted by molar-refractivity contribution is 5.97. The van der Waals surface area contributed by atoms with Crippen LogP contribution in [0.2, 0.25) is 0 Å². The number of carboxylic acids is 1. The molecule has 0 aliphatic heterocycles. The topological polar surface area (TPSA) is 92.0 Å². The number of nitrogens with one attached hydrogen (secondary N) is 1. The second-order valence-electron chi connectivity index (χ2n) is 3.60. The van der Waals surface area contributed by atoms with Crippen molar-refractivity contribution in [3.05, 3.63) is 29.7 Å². The van der Waals surface area contributed by atoms with Crippen LogP contribution < -0.4 is 5.73 Å². The molecule has 0 amide bonds. The van der Waals surface area contributed by atoms with Crippen LogP contribution in [0.1, 0.15) is 22.5 Å². The number of fused-ring (bicyclic) bond motifs is 1. The predicted molar refractivity (Wildman–Crippen MR) is 60.4 cm³/mol. The van der Waals surface area contributed by atoms with E-state index in [9.17, 15) is 4.79 Å². The Morgan fingerprint density at radius 1 is 1.56 bits per heavy atom. The summed E-state index contributed by atoms with van der Waals surface area (Å²) in [4.78, 5) is 18.0. The summed E-state index contributed by atoms with van der Waals surface area (Å²) in [5.41, 5.74) is 7.29. The first-order valence-electron chi connectivity index (χ1n) is 5.12. The summed E-state index contributed by atoms with van der Waals surface area (Å²) in [7, 11) is 0. The highest BCUT2D eigenvalue weighted by Crippen LogP contribution is 2.22. The van der Waals surface area contributed by atoms with E-state index in [0.717, 1.165) is 22.9 Å². The fraction of sp³-hybridized carbons (Fsp3) is 0.273. The van der Waals surface area contributed by atoms with Gasteiger partial charge in [0, 0.05) is 23.3 Å². The van der Waals surface area contributed by atoms with Gasteiger partial charge < -0.3 is 15.8 Å². The van der Waals surface area contributed by atoms with Crippen molar-refractivity contribution in [2.45, 2.75) is 12.8 Å². The van der Waals surface area contributed by atoms with Crippen LogP contribution >= 0.6 is 0 Å². The van der Waals surface area contributed by atoms with Gasteiger partial charge in [0.1, 0.15) is 5.69 Å². The van der Waals surface area contributed by atoms with Crippen LogP contribution in [0.4, 0.5) is 0 Å². The molecule has 2 heterocycles. The molecule has 84 valence electrons. The molecule has 5 heteroatoms. The number of hydrogen-bond acceptors (Lipinski definition) is 3. The molecule has 0 aromatic carbocycles. The molecule has 0 bridgehead atoms. The Bertz CT molecular complexity index is 519. The van der Waals surface area contributed by atoms with Gasteiger partial charge in [-0.3, -0.25) is 4.98 Å². The molecule has 0 saturated carbocycles. The van der Waals surface area contributed by atoms with E-state index in [1.165, 1.54) is 0 Å². The molecule has 0 aliphatic carbocycles. The first-order chi connectivity index (χ1) is 7.74. The minimum atomic E-state index is -0.941. The molecule has 2 rings (SSSR count). The maximum atomic E-state index is 11.1. The molecular weight excluding hydrogens is 206 g/mol. The minimum Gasteiger partial charge on any atom is -0.477 e. The lowest BCUT2D eigenvalue weighted by molar-refractivity contribution is 0.0690. The lowest BCUT2D eigenvalue weighted by Crippen LogP contribution is -2.05. The predicted octanol–water partition coefficient (Wildman–Crippen LogP) is 1.15. The summed E-state index contributed by atoms with van der Waals surface area (Å²) in [5, 5.41) is 9.95. The number of rotatable bonds is 4. The molecule has 0 spiro atoms. The third-order valence-corrected chi connectivity index (χ3v) is 2.55. The van der Waals surface area contributed by atoms with E-state index >= 15 is 0 Å². The number of aromatic carboxylic acids is 1. The van der Waals surface area contributed by atoms with Crippen LogP contribution in [0, 0.1) is 0 Å². The first kappa shape index (κ1) is 10.6. The fourth-order valence-electron chi connectivity index (χ4n) is 1.81. The van der Waals surface area contributed by atoms with Crippen molar-refractivity contribution in [3.8, 4) is 0 Å². The normalized spacial score (nSPS) is 10.8. The minimum absolute atomic E-state index is 0.247. The number of H-pyrrole nitrogens is 1. The van der Waals surface area contributed by atoms with Crippen molar-refractivity contribution < 1.29 is 9.90 Å². The summed E-state index contributed by atoms with van der Waals surface area (Å²) in [6, 6.07) is 1.77. The summed E-state index contributed by atoms with van der Waals surface area (Å²) in [6.45, 7) is 0.548. The van der Waals surface area contributed by atoms with E-state index in [1.807, 2.05) is 0 Å². The van der Waals surface area contributed by atoms with Gasteiger partial charge in [0.05, 0.1) is 0 Å². The highest BCUT2D eigenvalue weighted by Gasteiger charge is 2.16. The van der Waals surface area contributed by atoms with Crippen LogP contribution in [0.3, 0.4) is 0 Å². The molecule has 16 heavy (non-hydrogen) atoms. The van der Waals surface area contributed by atoms with Gasteiger partial charge >= 0.3 is 5.97 Å². The second kappa shape index (κ2) is 4.32. The maximum absolute atomic E-state index is 11.1. The van der Waals surface area contributed by atoms with Crippen molar-refractivity contribution in [3.63, 3.8) is 0 Å². The van der Waals surface area contributed by atoms with Gasteiger partial charge in [-0.1, -0.05) is 0 Å². The molecule has 5 nitrogen and oxygen atoms in total. The first-order valence-corrected chi connectivity index (χ1v) is 5.12. The van der Waals surface area contributed by atoms with E-state index in [1.54, 1.807) is 18.5 Å². The molecular formula is C11H13N3O2. The number of aromatic amines is 1. The molecule has 0 saturated heterocycles. The van der Waals surface area contributed by atoms with E-state index in [4.69, 9.17) is 10.8 Å². The summed E-state index contributed by atoms with van der Waals surface area (Å²) in [6.07, 6.45) is 4.74. The standard InChI is InChI=1S/C11H13N3O2/c12-4-1-2-7-8-6-13-5-3-9(8)14-10(7)11(15)16/h3,5-6,14H,1-2,4,12H2,(H,15,16). The Balaban J connectivity index is 2.55. The number of hydrogen-bond donors (Lipinski definition) is 3. The van der Waals surface area contributed by atoms with Crippen molar-refractivity contribution in [1.82, 2.24) is 9.97 Å². The average molecular weight is 219 g/mol. The van der Waals surface area contributed by atoms with E-state index < -0.39 is 5.97 Å². The van der Waals surface area contributed by atoms with Gasteiger partial charge in [0.25, 0.3) is 0 Å². The Morgan fingerprint density at radius 2 is 2.38 bits per heavy atom. The van der Waals surface area contributed by atoms with Crippen LogP contribution in [0.15, 0.2) is 18.5 Å². The van der Waals surface area contributed by atoms with Crippen molar-refractivity contribution in [2.24, 2.45) is 5.73 Å². The Hall–Kier alpha value is -1.88. The second-order valence-corrected chi connectivity index (χ2v) is 3.60. The van der Waals surface area contributed by atoms with Crippen LogP contribution in [0.5, 0.6) is 0 Å². The van der Waals surface area contributed by atoms with Gasteiger partial charge in [-0.05, 0) is 31.0 Å². The number of carboxylic acid groups (broad SMARTS) is 1. The number of carbonyl (C=O) groups is 1. The van der Waals surface area contributed by atoms with Gasteiger partial charge in [-0.25, -0.2) is 4.79 Å². The Labute approximate surface area is 92.3 Å². The van der Waals surface area contributed by atoms with Gasteiger partial charge in [-0.15, -0.1) is 0 Å². The number of nitrogens with zero attached hydrogens (tertiary/aromatic N) is 1. The summed E-state index contributed by atoms with van der Waals surface area (Å²) >= 11 is 0. The molecule has 0 fully saturated rings. The summed E-state index contributed by atoms with van der Waals surface area (Å²) < 4.78 is 0. The SMILES string of the molecule is NCCCc1c(C(=O)O)[nH]c2ccncc12.